The largest absolute Gasteiger partial charge is 0.440 e. The van der Waals surface area contributed by atoms with Gasteiger partial charge in [-0.3, -0.25) is 4.79 Å². The number of hydrogen-bond donors (Lipinski definition) is 1. The first-order valence-corrected chi connectivity index (χ1v) is 6.14. The number of amides is 1. The molecular formula is C14H14ClNO2. The van der Waals surface area contributed by atoms with Crippen LogP contribution in [0.4, 0.5) is 5.69 Å². The highest BCUT2D eigenvalue weighted by molar-refractivity contribution is 6.29. The minimum atomic E-state index is -0.286. The number of anilines is 1. The lowest BCUT2D eigenvalue weighted by Gasteiger charge is -2.11. The second-order valence-corrected chi connectivity index (χ2v) is 4.39. The normalized spacial score (nSPS) is 10.4. The zero-order chi connectivity index (χ0) is 13.1. The van der Waals surface area contributed by atoms with Crippen molar-refractivity contribution in [1.29, 1.82) is 0 Å². The van der Waals surface area contributed by atoms with Crippen molar-refractivity contribution in [2.24, 2.45) is 0 Å². The van der Waals surface area contributed by atoms with E-state index in [9.17, 15) is 4.79 Å². The number of benzene rings is 1. The van der Waals surface area contributed by atoms with E-state index >= 15 is 0 Å². The highest BCUT2D eigenvalue weighted by atomic mass is 35.5. The van der Waals surface area contributed by atoms with Crippen molar-refractivity contribution in [2.45, 2.75) is 20.3 Å². The summed E-state index contributed by atoms with van der Waals surface area (Å²) in [6, 6.07) is 9.05. The molecule has 2 rings (SSSR count). The average Bonchev–Trinajstić information content (AvgIpc) is 2.78. The topological polar surface area (TPSA) is 42.2 Å². The van der Waals surface area contributed by atoms with Gasteiger partial charge in [0, 0.05) is 5.69 Å². The predicted octanol–water partition coefficient (Wildman–Crippen LogP) is 4.06. The lowest BCUT2D eigenvalue weighted by Crippen LogP contribution is -2.13. The second kappa shape index (κ2) is 5.27. The summed E-state index contributed by atoms with van der Waals surface area (Å²) in [7, 11) is 0. The van der Waals surface area contributed by atoms with E-state index in [-0.39, 0.29) is 16.9 Å². The van der Waals surface area contributed by atoms with Crippen molar-refractivity contribution in [2.75, 3.05) is 5.32 Å². The van der Waals surface area contributed by atoms with Crippen LogP contribution >= 0.6 is 11.6 Å². The summed E-state index contributed by atoms with van der Waals surface area (Å²) in [6.45, 7) is 4.01. The Bertz CT molecular complexity index is 575. The fraction of sp³-hybridized carbons (Fsp3) is 0.214. The van der Waals surface area contributed by atoms with Gasteiger partial charge in [-0.25, -0.2) is 0 Å². The molecule has 1 aromatic carbocycles. The molecule has 0 unspecified atom stereocenters. The van der Waals surface area contributed by atoms with E-state index < -0.39 is 0 Å². The minimum Gasteiger partial charge on any atom is -0.440 e. The number of rotatable bonds is 3. The SMILES string of the molecule is CCc1cccc(C)c1NC(=O)c1ccc(Cl)o1. The number of carbonyl (C=O) groups excluding carboxylic acids is 1. The van der Waals surface area contributed by atoms with E-state index in [1.807, 2.05) is 32.0 Å². The Balaban J connectivity index is 2.26. The summed E-state index contributed by atoms with van der Waals surface area (Å²) in [4.78, 5) is 12.0. The molecule has 0 aliphatic carbocycles. The van der Waals surface area contributed by atoms with E-state index in [0.29, 0.717) is 0 Å². The van der Waals surface area contributed by atoms with E-state index in [2.05, 4.69) is 5.32 Å². The maximum Gasteiger partial charge on any atom is 0.291 e. The number of nitrogens with one attached hydrogen (secondary N) is 1. The molecule has 4 heteroatoms. The van der Waals surface area contributed by atoms with E-state index in [0.717, 1.165) is 23.2 Å². The van der Waals surface area contributed by atoms with Gasteiger partial charge in [-0.1, -0.05) is 25.1 Å². The van der Waals surface area contributed by atoms with Gasteiger partial charge in [0.2, 0.25) is 0 Å². The van der Waals surface area contributed by atoms with Crippen molar-refractivity contribution in [3.63, 3.8) is 0 Å². The van der Waals surface area contributed by atoms with Crippen LogP contribution in [-0.2, 0) is 6.42 Å². The van der Waals surface area contributed by atoms with Gasteiger partial charge in [-0.15, -0.1) is 0 Å². The zero-order valence-corrected chi connectivity index (χ0v) is 11.0. The van der Waals surface area contributed by atoms with Crippen LogP contribution in [0.15, 0.2) is 34.7 Å². The number of aryl methyl sites for hydroxylation is 2. The van der Waals surface area contributed by atoms with Gasteiger partial charge in [0.05, 0.1) is 0 Å². The van der Waals surface area contributed by atoms with Crippen molar-refractivity contribution in [1.82, 2.24) is 0 Å². The van der Waals surface area contributed by atoms with Gasteiger partial charge >= 0.3 is 0 Å². The summed E-state index contributed by atoms with van der Waals surface area (Å²) in [5.74, 6) is -0.0730. The molecule has 1 aromatic heterocycles. The molecule has 0 spiro atoms. The van der Waals surface area contributed by atoms with Crippen molar-refractivity contribution in [3.05, 3.63) is 52.4 Å². The highest BCUT2D eigenvalue weighted by Gasteiger charge is 2.13. The smallest absolute Gasteiger partial charge is 0.291 e. The van der Waals surface area contributed by atoms with E-state index in [1.165, 1.54) is 0 Å². The van der Waals surface area contributed by atoms with Crippen LogP contribution in [0.25, 0.3) is 0 Å². The molecule has 1 heterocycles. The van der Waals surface area contributed by atoms with Crippen LogP contribution in [0.1, 0.15) is 28.6 Å². The summed E-state index contributed by atoms with van der Waals surface area (Å²) in [6.07, 6.45) is 0.857. The Morgan fingerprint density at radius 3 is 2.72 bits per heavy atom. The lowest BCUT2D eigenvalue weighted by atomic mass is 10.1. The lowest BCUT2D eigenvalue weighted by molar-refractivity contribution is 0.0996. The summed E-state index contributed by atoms with van der Waals surface area (Å²) >= 11 is 5.65. The molecule has 0 radical (unpaired) electrons. The quantitative estimate of drug-likeness (QED) is 0.907. The Morgan fingerprint density at radius 2 is 2.11 bits per heavy atom. The van der Waals surface area contributed by atoms with E-state index in [1.54, 1.807) is 12.1 Å². The van der Waals surface area contributed by atoms with Gasteiger partial charge in [0.1, 0.15) is 0 Å². The number of carbonyl (C=O) groups is 1. The highest BCUT2D eigenvalue weighted by Crippen LogP contribution is 2.22. The van der Waals surface area contributed by atoms with Crippen LogP contribution in [0.3, 0.4) is 0 Å². The third kappa shape index (κ3) is 2.57. The summed E-state index contributed by atoms with van der Waals surface area (Å²) < 4.78 is 5.08. The fourth-order valence-corrected chi connectivity index (χ4v) is 1.96. The Morgan fingerprint density at radius 1 is 1.33 bits per heavy atom. The zero-order valence-electron chi connectivity index (χ0n) is 10.3. The first-order chi connectivity index (χ1) is 8.61. The number of halogens is 1. The maximum atomic E-state index is 12.0. The first kappa shape index (κ1) is 12.7. The standard InChI is InChI=1S/C14H14ClNO2/c1-3-10-6-4-5-9(2)13(10)16-14(17)11-7-8-12(15)18-11/h4-8H,3H2,1-2H3,(H,16,17). The summed E-state index contributed by atoms with van der Waals surface area (Å²) in [5.41, 5.74) is 2.97. The molecule has 0 aliphatic heterocycles. The van der Waals surface area contributed by atoms with E-state index in [4.69, 9.17) is 16.0 Å². The molecule has 1 amide bonds. The van der Waals surface area contributed by atoms with Crippen LogP contribution in [-0.4, -0.2) is 5.91 Å². The van der Waals surface area contributed by atoms with Crippen LogP contribution in [0.5, 0.6) is 0 Å². The molecule has 0 atom stereocenters. The van der Waals surface area contributed by atoms with Gasteiger partial charge in [0.25, 0.3) is 5.91 Å². The molecule has 0 saturated carbocycles. The third-order valence-corrected chi connectivity index (χ3v) is 2.98. The predicted molar refractivity (Wildman–Crippen MR) is 72.2 cm³/mol. The molecular weight excluding hydrogens is 250 g/mol. The third-order valence-electron chi connectivity index (χ3n) is 2.78. The first-order valence-electron chi connectivity index (χ1n) is 5.77. The molecule has 18 heavy (non-hydrogen) atoms. The van der Waals surface area contributed by atoms with Crippen LogP contribution in [0.2, 0.25) is 5.22 Å². The monoisotopic (exact) mass is 263 g/mol. The number of furan rings is 1. The molecule has 0 saturated heterocycles. The van der Waals surface area contributed by atoms with Gasteiger partial charge in [-0.05, 0) is 48.2 Å². The number of hydrogen-bond acceptors (Lipinski definition) is 2. The van der Waals surface area contributed by atoms with Crippen molar-refractivity contribution >= 4 is 23.2 Å². The van der Waals surface area contributed by atoms with Crippen molar-refractivity contribution < 1.29 is 9.21 Å². The molecule has 94 valence electrons. The molecule has 2 aromatic rings. The average molecular weight is 264 g/mol. The van der Waals surface area contributed by atoms with Crippen LogP contribution in [0, 0.1) is 6.92 Å². The number of para-hydroxylation sites is 1. The Labute approximate surface area is 111 Å². The molecule has 1 N–H and O–H groups in total. The Hall–Kier alpha value is -1.74. The summed E-state index contributed by atoms with van der Waals surface area (Å²) in [5, 5.41) is 3.08. The molecule has 0 bridgehead atoms. The maximum absolute atomic E-state index is 12.0. The second-order valence-electron chi connectivity index (χ2n) is 4.02. The van der Waals surface area contributed by atoms with Gasteiger partial charge < -0.3 is 9.73 Å². The fourth-order valence-electron chi connectivity index (χ4n) is 1.81. The van der Waals surface area contributed by atoms with Gasteiger partial charge in [0.15, 0.2) is 11.0 Å². The molecule has 0 fully saturated rings. The van der Waals surface area contributed by atoms with Gasteiger partial charge in [-0.2, -0.15) is 0 Å². The van der Waals surface area contributed by atoms with Crippen LogP contribution < -0.4 is 5.32 Å². The molecule has 0 aliphatic rings. The minimum absolute atomic E-state index is 0.209. The molecule has 3 nitrogen and oxygen atoms in total. The Kier molecular flexibility index (Phi) is 3.72. The van der Waals surface area contributed by atoms with Crippen molar-refractivity contribution in [3.8, 4) is 0 Å².